The van der Waals surface area contributed by atoms with E-state index in [1.54, 1.807) is 4.90 Å². The summed E-state index contributed by atoms with van der Waals surface area (Å²) in [4.78, 5) is 27.9. The van der Waals surface area contributed by atoms with Crippen LogP contribution in [0.2, 0.25) is 0 Å². The Labute approximate surface area is 129 Å². The number of benzene rings is 1. The maximum atomic E-state index is 12.9. The maximum Gasteiger partial charge on any atom is 0.253 e. The van der Waals surface area contributed by atoms with Crippen molar-refractivity contribution in [3.63, 3.8) is 0 Å². The van der Waals surface area contributed by atoms with Gasteiger partial charge in [0.05, 0.1) is 6.54 Å². The number of hydrogen-bond donors (Lipinski definition) is 1. The lowest BCUT2D eigenvalue weighted by Crippen LogP contribution is -2.51. The number of carbonyl (C=O) groups excluding carboxylic acids is 2. The van der Waals surface area contributed by atoms with Gasteiger partial charge in [-0.2, -0.15) is 0 Å². The second-order valence-corrected chi connectivity index (χ2v) is 5.92. The van der Waals surface area contributed by atoms with Crippen LogP contribution < -0.4 is 5.32 Å². The van der Waals surface area contributed by atoms with Gasteiger partial charge in [0.1, 0.15) is 5.82 Å². The summed E-state index contributed by atoms with van der Waals surface area (Å²) in [5.41, 5.74) is 0.501. The third kappa shape index (κ3) is 3.82. The maximum absolute atomic E-state index is 12.9. The van der Waals surface area contributed by atoms with Crippen molar-refractivity contribution in [2.24, 2.45) is 0 Å². The largest absolute Gasteiger partial charge is 0.352 e. The SMILES string of the molecule is O=C(CN1CCN(C(=O)c2ccc(F)cc2)CC1)NC1CC1. The molecule has 0 radical (unpaired) electrons. The number of piperazine rings is 1. The Morgan fingerprint density at radius 2 is 1.73 bits per heavy atom. The predicted octanol–water partition coefficient (Wildman–Crippen LogP) is 0.862. The lowest BCUT2D eigenvalue weighted by Gasteiger charge is -2.34. The highest BCUT2D eigenvalue weighted by molar-refractivity contribution is 5.94. The van der Waals surface area contributed by atoms with E-state index in [9.17, 15) is 14.0 Å². The molecule has 1 aromatic rings. The van der Waals surface area contributed by atoms with Crippen molar-refractivity contribution in [1.82, 2.24) is 15.1 Å². The zero-order valence-corrected chi connectivity index (χ0v) is 12.4. The molecular formula is C16H20FN3O2. The van der Waals surface area contributed by atoms with Crippen LogP contribution in [-0.2, 0) is 4.79 Å². The van der Waals surface area contributed by atoms with Crippen molar-refractivity contribution in [1.29, 1.82) is 0 Å². The fourth-order valence-electron chi connectivity index (χ4n) is 2.59. The van der Waals surface area contributed by atoms with Crippen LogP contribution in [-0.4, -0.2) is 60.4 Å². The minimum atomic E-state index is -0.344. The van der Waals surface area contributed by atoms with Crippen molar-refractivity contribution in [2.75, 3.05) is 32.7 Å². The van der Waals surface area contributed by atoms with Crippen molar-refractivity contribution >= 4 is 11.8 Å². The Morgan fingerprint density at radius 3 is 2.32 bits per heavy atom. The molecule has 0 spiro atoms. The summed E-state index contributed by atoms with van der Waals surface area (Å²) in [6.45, 7) is 2.95. The summed E-state index contributed by atoms with van der Waals surface area (Å²) >= 11 is 0. The first-order valence-corrected chi connectivity index (χ1v) is 7.68. The van der Waals surface area contributed by atoms with Crippen LogP contribution in [0.1, 0.15) is 23.2 Å². The number of nitrogens with zero attached hydrogens (tertiary/aromatic N) is 2. The van der Waals surface area contributed by atoms with Gasteiger partial charge in [-0.3, -0.25) is 14.5 Å². The summed E-state index contributed by atoms with van der Waals surface area (Å²) in [7, 11) is 0. The Morgan fingerprint density at radius 1 is 1.09 bits per heavy atom. The number of carbonyl (C=O) groups is 2. The van der Waals surface area contributed by atoms with Crippen molar-refractivity contribution < 1.29 is 14.0 Å². The molecule has 1 aliphatic heterocycles. The van der Waals surface area contributed by atoms with E-state index in [-0.39, 0.29) is 17.6 Å². The van der Waals surface area contributed by atoms with E-state index >= 15 is 0 Å². The van der Waals surface area contributed by atoms with Crippen LogP contribution in [0.3, 0.4) is 0 Å². The summed E-state index contributed by atoms with van der Waals surface area (Å²) < 4.78 is 12.9. The summed E-state index contributed by atoms with van der Waals surface area (Å²) in [5, 5.41) is 2.97. The molecule has 0 atom stereocenters. The molecule has 0 bridgehead atoms. The van der Waals surface area contributed by atoms with Gasteiger partial charge < -0.3 is 10.2 Å². The number of nitrogens with one attached hydrogen (secondary N) is 1. The van der Waals surface area contributed by atoms with Crippen molar-refractivity contribution in [2.45, 2.75) is 18.9 Å². The fourth-order valence-corrected chi connectivity index (χ4v) is 2.59. The molecule has 2 fully saturated rings. The highest BCUT2D eigenvalue weighted by Crippen LogP contribution is 2.18. The number of rotatable bonds is 4. The van der Waals surface area contributed by atoms with Crippen molar-refractivity contribution in [3.05, 3.63) is 35.6 Å². The van der Waals surface area contributed by atoms with E-state index < -0.39 is 0 Å². The smallest absolute Gasteiger partial charge is 0.253 e. The van der Waals surface area contributed by atoms with Crippen LogP contribution in [0.4, 0.5) is 4.39 Å². The second-order valence-electron chi connectivity index (χ2n) is 5.92. The summed E-state index contributed by atoms with van der Waals surface area (Å²) in [6.07, 6.45) is 2.18. The van der Waals surface area contributed by atoms with E-state index in [1.165, 1.54) is 24.3 Å². The molecule has 1 N–H and O–H groups in total. The van der Waals surface area contributed by atoms with Gasteiger partial charge in [-0.15, -0.1) is 0 Å². The number of amides is 2. The van der Waals surface area contributed by atoms with Gasteiger partial charge in [0.2, 0.25) is 5.91 Å². The summed E-state index contributed by atoms with van der Waals surface area (Å²) in [6, 6.07) is 5.99. The van der Waals surface area contributed by atoms with Gasteiger partial charge in [0, 0.05) is 37.8 Å². The molecule has 1 saturated carbocycles. The van der Waals surface area contributed by atoms with E-state index in [4.69, 9.17) is 0 Å². The van der Waals surface area contributed by atoms with Crippen LogP contribution in [0.5, 0.6) is 0 Å². The van der Waals surface area contributed by atoms with E-state index in [0.717, 1.165) is 12.8 Å². The highest BCUT2D eigenvalue weighted by atomic mass is 19.1. The Hall–Kier alpha value is -1.95. The first-order chi connectivity index (χ1) is 10.6. The van der Waals surface area contributed by atoms with Crippen LogP contribution >= 0.6 is 0 Å². The van der Waals surface area contributed by atoms with Crippen LogP contribution in [0.25, 0.3) is 0 Å². The molecule has 2 aliphatic rings. The average molecular weight is 305 g/mol. The monoisotopic (exact) mass is 305 g/mol. The molecule has 1 saturated heterocycles. The topological polar surface area (TPSA) is 52.7 Å². The number of hydrogen-bond acceptors (Lipinski definition) is 3. The lowest BCUT2D eigenvalue weighted by atomic mass is 10.2. The third-order valence-corrected chi connectivity index (χ3v) is 4.06. The van der Waals surface area contributed by atoms with Crippen molar-refractivity contribution in [3.8, 4) is 0 Å². The molecule has 1 aliphatic carbocycles. The predicted molar refractivity (Wildman–Crippen MR) is 79.9 cm³/mol. The molecule has 3 rings (SSSR count). The van der Waals surface area contributed by atoms with Gasteiger partial charge >= 0.3 is 0 Å². The first-order valence-electron chi connectivity index (χ1n) is 7.68. The average Bonchev–Trinajstić information content (AvgIpc) is 3.32. The van der Waals surface area contributed by atoms with Gasteiger partial charge in [-0.25, -0.2) is 4.39 Å². The van der Waals surface area contributed by atoms with Gasteiger partial charge in [-0.05, 0) is 37.1 Å². The minimum absolute atomic E-state index is 0.0702. The lowest BCUT2D eigenvalue weighted by molar-refractivity contribution is -0.122. The quantitative estimate of drug-likeness (QED) is 0.898. The molecular weight excluding hydrogens is 285 g/mol. The Kier molecular flexibility index (Phi) is 4.38. The zero-order chi connectivity index (χ0) is 15.5. The van der Waals surface area contributed by atoms with Gasteiger partial charge in [-0.1, -0.05) is 0 Å². The second kappa shape index (κ2) is 6.44. The van der Waals surface area contributed by atoms with Gasteiger partial charge in [0.15, 0.2) is 0 Å². The molecule has 6 heteroatoms. The minimum Gasteiger partial charge on any atom is -0.352 e. The Balaban J connectivity index is 1.47. The molecule has 0 unspecified atom stereocenters. The molecule has 1 heterocycles. The first kappa shape index (κ1) is 15.0. The fraction of sp³-hybridized carbons (Fsp3) is 0.500. The molecule has 118 valence electrons. The van der Waals surface area contributed by atoms with Crippen LogP contribution in [0, 0.1) is 5.82 Å². The third-order valence-electron chi connectivity index (χ3n) is 4.06. The molecule has 0 aromatic heterocycles. The van der Waals surface area contributed by atoms with E-state index in [0.29, 0.717) is 44.3 Å². The van der Waals surface area contributed by atoms with E-state index in [1.807, 2.05) is 0 Å². The normalized spacial score (nSPS) is 19.0. The zero-order valence-electron chi connectivity index (χ0n) is 12.4. The standard InChI is InChI=1S/C16H20FN3O2/c17-13-3-1-12(2-4-13)16(22)20-9-7-19(8-10-20)11-15(21)18-14-5-6-14/h1-4,14H,5-11H2,(H,18,21). The molecule has 2 amide bonds. The highest BCUT2D eigenvalue weighted by Gasteiger charge is 2.26. The summed E-state index contributed by atoms with van der Waals surface area (Å²) in [5.74, 6) is -0.356. The molecule has 5 nitrogen and oxygen atoms in total. The Bertz CT molecular complexity index is 549. The van der Waals surface area contributed by atoms with E-state index in [2.05, 4.69) is 10.2 Å². The molecule has 1 aromatic carbocycles. The van der Waals surface area contributed by atoms with Crippen LogP contribution in [0.15, 0.2) is 24.3 Å². The number of halogens is 1. The molecule has 22 heavy (non-hydrogen) atoms. The van der Waals surface area contributed by atoms with Gasteiger partial charge in [0.25, 0.3) is 5.91 Å².